The highest BCUT2D eigenvalue weighted by molar-refractivity contribution is 5.89. The number of hydrogen-bond acceptors (Lipinski definition) is 6. The summed E-state index contributed by atoms with van der Waals surface area (Å²) in [6.45, 7) is 1.55. The normalized spacial score (nSPS) is 12.4. The van der Waals surface area contributed by atoms with E-state index in [0.717, 1.165) is 29.4 Å². The fourth-order valence-corrected chi connectivity index (χ4v) is 2.68. The number of anilines is 4. The van der Waals surface area contributed by atoms with Crippen LogP contribution in [0.25, 0.3) is 10.4 Å². The quantitative estimate of drug-likeness (QED) is 0.353. The summed E-state index contributed by atoms with van der Waals surface area (Å²) in [5.74, 6) is 1.54. The van der Waals surface area contributed by atoms with Crippen LogP contribution >= 0.6 is 0 Å². The Hall–Kier alpha value is -2.83. The molecule has 0 atom stereocenters. The zero-order valence-electron chi connectivity index (χ0n) is 12.8. The third-order valence-electron chi connectivity index (χ3n) is 3.60. The first kappa shape index (κ1) is 15.1. The van der Waals surface area contributed by atoms with Crippen LogP contribution in [0.15, 0.2) is 41.8 Å². The van der Waals surface area contributed by atoms with E-state index >= 15 is 0 Å². The molecule has 118 valence electrons. The Bertz CT molecular complexity index is 682. The maximum absolute atomic E-state index is 8.41. The van der Waals surface area contributed by atoms with Gasteiger partial charge in [0.1, 0.15) is 6.73 Å². The van der Waals surface area contributed by atoms with Crippen LogP contribution in [0.4, 0.5) is 23.0 Å². The minimum Gasteiger partial charge on any atom is -0.364 e. The number of rotatable bonds is 6. The second kappa shape index (κ2) is 6.95. The lowest BCUT2D eigenvalue weighted by molar-refractivity contribution is 0.205. The van der Waals surface area contributed by atoms with Crippen LogP contribution in [-0.4, -0.2) is 36.9 Å². The zero-order chi connectivity index (χ0) is 16.1. The third-order valence-corrected chi connectivity index (χ3v) is 3.60. The first-order valence-electron chi connectivity index (χ1n) is 7.31. The Morgan fingerprint density at radius 3 is 2.43 bits per heavy atom. The van der Waals surface area contributed by atoms with Crippen molar-refractivity contribution >= 4 is 23.0 Å². The van der Waals surface area contributed by atoms with Gasteiger partial charge in [-0.05, 0) is 24.1 Å². The van der Waals surface area contributed by atoms with Gasteiger partial charge >= 0.3 is 0 Å². The Kier molecular flexibility index (Phi) is 4.56. The van der Waals surface area contributed by atoms with E-state index in [2.05, 4.69) is 24.9 Å². The lowest BCUT2D eigenvalue weighted by atomic mass is 10.1. The number of fused-ring (bicyclic) bond motifs is 2. The average Bonchev–Trinajstić information content (AvgIpc) is 2.60. The van der Waals surface area contributed by atoms with Crippen LogP contribution in [0.1, 0.15) is 6.42 Å². The molecule has 0 saturated heterocycles. The molecular formula is C15H17N7O. The van der Waals surface area contributed by atoms with Crippen molar-refractivity contribution in [1.29, 1.82) is 0 Å². The van der Waals surface area contributed by atoms with E-state index in [1.54, 1.807) is 19.5 Å². The van der Waals surface area contributed by atoms with Crippen molar-refractivity contribution in [2.24, 2.45) is 5.11 Å². The van der Waals surface area contributed by atoms with E-state index < -0.39 is 0 Å². The van der Waals surface area contributed by atoms with E-state index in [4.69, 9.17) is 10.3 Å². The van der Waals surface area contributed by atoms with Gasteiger partial charge in [-0.3, -0.25) is 4.90 Å². The number of ether oxygens (including phenoxy) is 1. The van der Waals surface area contributed by atoms with E-state index in [9.17, 15) is 0 Å². The highest BCUT2D eigenvalue weighted by atomic mass is 16.5. The summed E-state index contributed by atoms with van der Waals surface area (Å²) in [7, 11) is 1.66. The topological polar surface area (TPSA) is 90.2 Å². The predicted molar refractivity (Wildman–Crippen MR) is 88.1 cm³/mol. The molecule has 2 heterocycles. The fraction of sp³-hybridized carbons (Fsp3) is 0.333. The van der Waals surface area contributed by atoms with E-state index in [0.29, 0.717) is 19.8 Å². The zero-order valence-corrected chi connectivity index (χ0v) is 12.8. The molecule has 0 radical (unpaired) electrons. The molecule has 1 aliphatic heterocycles. The van der Waals surface area contributed by atoms with Crippen molar-refractivity contribution < 1.29 is 4.74 Å². The molecule has 2 aromatic rings. The minimum absolute atomic E-state index is 0.398. The molecule has 1 aromatic heterocycles. The van der Waals surface area contributed by atoms with Crippen molar-refractivity contribution in [3.63, 3.8) is 0 Å². The summed E-state index contributed by atoms with van der Waals surface area (Å²) in [6.07, 6.45) is 4.09. The first-order valence-corrected chi connectivity index (χ1v) is 7.31. The summed E-state index contributed by atoms with van der Waals surface area (Å²) in [4.78, 5) is 15.9. The highest BCUT2D eigenvalue weighted by Gasteiger charge is 2.29. The standard InChI is InChI=1S/C15H17N7O/c1-23-11-22-13-6-3-2-5-12(13)21(10-4-7-19-20-16)14-15(22)18-9-8-17-14/h2-3,5-6,8-9H,4,7,10-11H2,1H3. The van der Waals surface area contributed by atoms with Gasteiger partial charge in [-0.1, -0.05) is 17.2 Å². The SMILES string of the molecule is COCN1c2ccccc2N(CCCN=[N+]=[N-])c2nccnc21. The molecule has 0 spiro atoms. The van der Waals surface area contributed by atoms with Gasteiger partial charge in [0.05, 0.1) is 11.4 Å². The van der Waals surface area contributed by atoms with Crippen LogP contribution in [0.5, 0.6) is 0 Å². The molecule has 0 saturated carbocycles. The van der Waals surface area contributed by atoms with Gasteiger partial charge in [0, 0.05) is 37.5 Å². The molecule has 0 fully saturated rings. The summed E-state index contributed by atoms with van der Waals surface area (Å²) in [6, 6.07) is 8.06. The lowest BCUT2D eigenvalue weighted by Gasteiger charge is -2.37. The highest BCUT2D eigenvalue weighted by Crippen LogP contribution is 2.45. The molecule has 0 N–H and O–H groups in total. The summed E-state index contributed by atoms with van der Waals surface area (Å²) in [5.41, 5.74) is 10.5. The smallest absolute Gasteiger partial charge is 0.178 e. The Labute approximate surface area is 134 Å². The number of aromatic nitrogens is 2. The van der Waals surface area contributed by atoms with E-state index in [-0.39, 0.29) is 0 Å². The van der Waals surface area contributed by atoms with Crippen molar-refractivity contribution in [1.82, 2.24) is 9.97 Å². The molecule has 1 aromatic carbocycles. The average molecular weight is 311 g/mol. The monoisotopic (exact) mass is 311 g/mol. The molecule has 0 unspecified atom stereocenters. The van der Waals surface area contributed by atoms with Crippen molar-refractivity contribution in [3.05, 3.63) is 47.1 Å². The second-order valence-corrected chi connectivity index (χ2v) is 5.00. The molecule has 8 nitrogen and oxygen atoms in total. The largest absolute Gasteiger partial charge is 0.364 e. The molecule has 0 amide bonds. The Morgan fingerprint density at radius 1 is 1.13 bits per heavy atom. The number of azide groups is 1. The van der Waals surface area contributed by atoms with Gasteiger partial charge in [0.15, 0.2) is 11.6 Å². The molecule has 1 aliphatic rings. The van der Waals surface area contributed by atoms with Crippen LogP contribution in [0.3, 0.4) is 0 Å². The number of methoxy groups -OCH3 is 1. The van der Waals surface area contributed by atoms with Gasteiger partial charge in [-0.2, -0.15) is 0 Å². The van der Waals surface area contributed by atoms with Gasteiger partial charge in [-0.15, -0.1) is 0 Å². The van der Waals surface area contributed by atoms with Gasteiger partial charge in [0.25, 0.3) is 0 Å². The van der Waals surface area contributed by atoms with Gasteiger partial charge in [0.2, 0.25) is 0 Å². The molecule has 8 heteroatoms. The summed E-state index contributed by atoms with van der Waals surface area (Å²) in [5, 5.41) is 3.60. The molecule has 23 heavy (non-hydrogen) atoms. The fourth-order valence-electron chi connectivity index (χ4n) is 2.68. The maximum Gasteiger partial charge on any atom is 0.178 e. The molecule has 3 rings (SSSR count). The molecular weight excluding hydrogens is 294 g/mol. The Morgan fingerprint density at radius 2 is 1.78 bits per heavy atom. The van der Waals surface area contributed by atoms with Gasteiger partial charge in [-0.25, -0.2) is 9.97 Å². The Balaban J connectivity index is 2.00. The van der Waals surface area contributed by atoms with Crippen LogP contribution in [0, 0.1) is 0 Å². The number of nitrogens with zero attached hydrogens (tertiary/aromatic N) is 7. The van der Waals surface area contributed by atoms with Crippen molar-refractivity contribution in [2.75, 3.05) is 36.7 Å². The molecule has 0 aliphatic carbocycles. The molecule has 0 bridgehead atoms. The third kappa shape index (κ3) is 2.90. The van der Waals surface area contributed by atoms with Gasteiger partial charge < -0.3 is 9.64 Å². The summed E-state index contributed by atoms with van der Waals surface area (Å²) < 4.78 is 5.33. The number of para-hydroxylation sites is 2. The van der Waals surface area contributed by atoms with Crippen LogP contribution in [-0.2, 0) is 4.74 Å². The minimum atomic E-state index is 0.398. The first-order chi connectivity index (χ1) is 11.4. The second-order valence-electron chi connectivity index (χ2n) is 5.00. The van der Waals surface area contributed by atoms with Crippen LogP contribution in [0.2, 0.25) is 0 Å². The van der Waals surface area contributed by atoms with Crippen molar-refractivity contribution in [2.45, 2.75) is 6.42 Å². The predicted octanol–water partition coefficient (Wildman–Crippen LogP) is 3.37. The number of benzene rings is 1. The van der Waals surface area contributed by atoms with E-state index in [1.807, 2.05) is 29.2 Å². The number of hydrogen-bond donors (Lipinski definition) is 0. The summed E-state index contributed by atoms with van der Waals surface area (Å²) >= 11 is 0. The van der Waals surface area contributed by atoms with E-state index in [1.165, 1.54) is 0 Å². The van der Waals surface area contributed by atoms with Crippen LogP contribution < -0.4 is 9.80 Å². The van der Waals surface area contributed by atoms with Crippen molar-refractivity contribution in [3.8, 4) is 0 Å². The maximum atomic E-state index is 8.41. The lowest BCUT2D eigenvalue weighted by Crippen LogP contribution is -2.33.